The van der Waals surface area contributed by atoms with Crippen molar-refractivity contribution in [3.05, 3.63) is 89.7 Å². The molecule has 34 heavy (non-hydrogen) atoms. The van der Waals surface area contributed by atoms with Crippen LogP contribution < -0.4 is 5.48 Å². The molecule has 2 atom stereocenters. The second-order valence-corrected chi connectivity index (χ2v) is 8.92. The summed E-state index contributed by atoms with van der Waals surface area (Å²) in [5.41, 5.74) is 6.33. The zero-order valence-electron chi connectivity index (χ0n) is 19.5. The molecule has 4 rings (SSSR count). The molecule has 1 aromatic heterocycles. The van der Waals surface area contributed by atoms with Gasteiger partial charge in [0.25, 0.3) is 5.91 Å². The van der Waals surface area contributed by atoms with Crippen molar-refractivity contribution < 1.29 is 14.8 Å². The van der Waals surface area contributed by atoms with E-state index >= 15 is 0 Å². The normalized spacial score (nSPS) is 18.5. The van der Waals surface area contributed by atoms with E-state index in [0.717, 1.165) is 28.8 Å². The predicted molar refractivity (Wildman–Crippen MR) is 130 cm³/mol. The van der Waals surface area contributed by atoms with Crippen LogP contribution in [-0.4, -0.2) is 57.0 Å². The van der Waals surface area contributed by atoms with Crippen LogP contribution in [0, 0.1) is 0 Å². The number of hydrogen-bond acceptors (Lipinski definition) is 5. The van der Waals surface area contributed by atoms with Crippen molar-refractivity contribution >= 4 is 11.8 Å². The second kappa shape index (κ2) is 10.6. The zero-order valence-corrected chi connectivity index (χ0v) is 19.5. The maximum Gasteiger partial charge on any atom is 0.274 e. The lowest BCUT2D eigenvalue weighted by atomic mass is 10.0. The van der Waals surface area contributed by atoms with Gasteiger partial charge in [0, 0.05) is 49.7 Å². The number of rotatable bonds is 6. The van der Waals surface area contributed by atoms with Crippen LogP contribution in [0.15, 0.2) is 73.1 Å². The fourth-order valence-corrected chi connectivity index (χ4v) is 4.60. The van der Waals surface area contributed by atoms with Crippen LogP contribution >= 0.6 is 0 Å². The van der Waals surface area contributed by atoms with Gasteiger partial charge < -0.3 is 4.90 Å². The summed E-state index contributed by atoms with van der Waals surface area (Å²) in [5.74, 6) is -0.378. The Hall–Kier alpha value is -3.55. The summed E-state index contributed by atoms with van der Waals surface area (Å²) in [4.78, 5) is 33.1. The summed E-state index contributed by atoms with van der Waals surface area (Å²) < 4.78 is 0. The molecule has 0 radical (unpaired) electrons. The number of nitrogens with zero attached hydrogens (tertiary/aromatic N) is 3. The monoisotopic (exact) mass is 458 g/mol. The number of pyridine rings is 1. The van der Waals surface area contributed by atoms with Crippen LogP contribution in [0.25, 0.3) is 11.1 Å². The Kier molecular flexibility index (Phi) is 7.35. The van der Waals surface area contributed by atoms with Gasteiger partial charge >= 0.3 is 0 Å². The summed E-state index contributed by atoms with van der Waals surface area (Å²) in [5, 5.41) is 8.77. The third-order valence-electron chi connectivity index (χ3n) is 6.43. The summed E-state index contributed by atoms with van der Waals surface area (Å²) in [6.07, 6.45) is 3.93. The van der Waals surface area contributed by atoms with Crippen LogP contribution in [0.5, 0.6) is 0 Å². The topological polar surface area (TPSA) is 85.8 Å². The molecule has 176 valence electrons. The Bertz CT molecular complexity index is 1120. The molecule has 2 amide bonds. The SMILES string of the molecule is C[C@@H]1CN(C(=O)Cc2cccc(-c3ccncc3)c2)C[C@H](C)N1Cc1ccc(C(=O)NO)cc1. The van der Waals surface area contributed by atoms with Crippen molar-refractivity contribution in [1.82, 2.24) is 20.3 Å². The number of amides is 2. The van der Waals surface area contributed by atoms with Crippen molar-refractivity contribution in [2.24, 2.45) is 0 Å². The van der Waals surface area contributed by atoms with Crippen LogP contribution in [0.3, 0.4) is 0 Å². The van der Waals surface area contributed by atoms with Gasteiger partial charge in [-0.3, -0.25) is 24.7 Å². The first-order chi connectivity index (χ1) is 16.4. The Labute approximate surface area is 200 Å². The molecule has 0 aliphatic carbocycles. The molecule has 1 fully saturated rings. The van der Waals surface area contributed by atoms with E-state index in [4.69, 9.17) is 5.21 Å². The van der Waals surface area contributed by atoms with E-state index in [-0.39, 0.29) is 18.0 Å². The molecule has 0 saturated carbocycles. The van der Waals surface area contributed by atoms with Gasteiger partial charge in [-0.05, 0) is 60.4 Å². The van der Waals surface area contributed by atoms with Gasteiger partial charge in [0.2, 0.25) is 5.91 Å². The molecule has 0 unspecified atom stereocenters. The molecule has 7 heteroatoms. The van der Waals surface area contributed by atoms with Crippen molar-refractivity contribution in [2.75, 3.05) is 13.1 Å². The lowest BCUT2D eigenvalue weighted by Gasteiger charge is -2.44. The molecule has 2 aromatic carbocycles. The number of piperazine rings is 1. The fraction of sp³-hybridized carbons (Fsp3) is 0.296. The van der Waals surface area contributed by atoms with Gasteiger partial charge in [0.05, 0.1) is 6.42 Å². The van der Waals surface area contributed by atoms with Gasteiger partial charge in [-0.2, -0.15) is 0 Å². The third kappa shape index (κ3) is 5.50. The Morgan fingerprint density at radius 3 is 2.26 bits per heavy atom. The number of nitrogens with one attached hydrogen (secondary N) is 1. The quantitative estimate of drug-likeness (QED) is 0.436. The van der Waals surface area contributed by atoms with E-state index in [1.807, 2.05) is 41.3 Å². The standard InChI is InChI=1S/C27H30N4O3/c1-19-16-30(17-20(2)31(19)18-21-6-8-24(9-7-21)27(33)29-34)26(32)15-22-4-3-5-25(14-22)23-10-12-28-13-11-23/h3-14,19-20,34H,15-18H2,1-2H3,(H,29,33)/t19-,20+. The Morgan fingerprint density at radius 1 is 0.941 bits per heavy atom. The molecule has 0 spiro atoms. The molecular formula is C27H30N4O3. The highest BCUT2D eigenvalue weighted by molar-refractivity contribution is 5.93. The highest BCUT2D eigenvalue weighted by atomic mass is 16.5. The van der Waals surface area contributed by atoms with E-state index in [1.54, 1.807) is 30.0 Å². The van der Waals surface area contributed by atoms with Gasteiger partial charge in [0.1, 0.15) is 0 Å². The largest absolute Gasteiger partial charge is 0.339 e. The van der Waals surface area contributed by atoms with Crippen LogP contribution in [0.1, 0.15) is 35.3 Å². The zero-order chi connectivity index (χ0) is 24.1. The van der Waals surface area contributed by atoms with Crippen molar-refractivity contribution in [3.63, 3.8) is 0 Å². The summed E-state index contributed by atoms with van der Waals surface area (Å²) in [7, 11) is 0. The molecule has 3 aromatic rings. The molecular weight excluding hydrogens is 428 g/mol. The predicted octanol–water partition coefficient (Wildman–Crippen LogP) is 3.53. The van der Waals surface area contributed by atoms with Gasteiger partial charge in [-0.1, -0.05) is 36.4 Å². The van der Waals surface area contributed by atoms with E-state index in [0.29, 0.717) is 25.1 Å². The minimum atomic E-state index is -0.522. The van der Waals surface area contributed by atoms with Crippen LogP contribution in [-0.2, 0) is 17.8 Å². The average molecular weight is 459 g/mol. The maximum absolute atomic E-state index is 13.1. The number of carbonyl (C=O) groups excluding carboxylic acids is 2. The van der Waals surface area contributed by atoms with E-state index < -0.39 is 5.91 Å². The van der Waals surface area contributed by atoms with Crippen molar-refractivity contribution in [3.8, 4) is 11.1 Å². The first-order valence-corrected chi connectivity index (χ1v) is 11.5. The molecule has 1 aliphatic rings. The smallest absolute Gasteiger partial charge is 0.274 e. The molecule has 2 heterocycles. The molecule has 7 nitrogen and oxygen atoms in total. The highest BCUT2D eigenvalue weighted by Gasteiger charge is 2.31. The minimum absolute atomic E-state index is 0.143. The minimum Gasteiger partial charge on any atom is -0.339 e. The molecule has 2 N–H and O–H groups in total. The second-order valence-electron chi connectivity index (χ2n) is 8.92. The number of benzene rings is 2. The van der Waals surface area contributed by atoms with Gasteiger partial charge in [-0.15, -0.1) is 0 Å². The average Bonchev–Trinajstić information content (AvgIpc) is 2.86. The number of aromatic nitrogens is 1. The van der Waals surface area contributed by atoms with Gasteiger partial charge in [0.15, 0.2) is 0 Å². The first kappa shape index (κ1) is 23.6. The summed E-state index contributed by atoms with van der Waals surface area (Å²) >= 11 is 0. The maximum atomic E-state index is 13.1. The van der Waals surface area contributed by atoms with Gasteiger partial charge in [-0.25, -0.2) is 5.48 Å². The number of hydrogen-bond donors (Lipinski definition) is 2. The van der Waals surface area contributed by atoms with Crippen LogP contribution in [0.2, 0.25) is 0 Å². The first-order valence-electron chi connectivity index (χ1n) is 11.5. The number of hydroxylamine groups is 1. The molecule has 0 bridgehead atoms. The van der Waals surface area contributed by atoms with E-state index in [1.165, 1.54) is 0 Å². The fourth-order valence-electron chi connectivity index (χ4n) is 4.60. The van der Waals surface area contributed by atoms with Crippen molar-refractivity contribution in [2.45, 2.75) is 38.9 Å². The summed E-state index contributed by atoms with van der Waals surface area (Å²) in [6, 6.07) is 19.7. The van der Waals surface area contributed by atoms with Crippen LogP contribution in [0.4, 0.5) is 0 Å². The number of carbonyl (C=O) groups is 2. The van der Waals surface area contributed by atoms with E-state index in [9.17, 15) is 9.59 Å². The molecule has 1 saturated heterocycles. The van der Waals surface area contributed by atoms with E-state index in [2.05, 4.69) is 35.9 Å². The molecule has 1 aliphatic heterocycles. The highest BCUT2D eigenvalue weighted by Crippen LogP contribution is 2.22. The lowest BCUT2D eigenvalue weighted by molar-refractivity contribution is -0.135. The lowest BCUT2D eigenvalue weighted by Crippen LogP contribution is -2.57. The van der Waals surface area contributed by atoms with Crippen molar-refractivity contribution in [1.29, 1.82) is 0 Å². The third-order valence-corrected chi connectivity index (χ3v) is 6.43. The Balaban J connectivity index is 1.37. The Morgan fingerprint density at radius 2 is 1.62 bits per heavy atom. The summed E-state index contributed by atoms with van der Waals surface area (Å²) in [6.45, 7) is 6.39.